The second-order valence-electron chi connectivity index (χ2n) is 5.34. The van der Waals surface area contributed by atoms with Crippen LogP contribution in [0.4, 0.5) is 15.2 Å². The molecule has 0 aliphatic carbocycles. The number of hydrogen-bond donors (Lipinski definition) is 2. The summed E-state index contributed by atoms with van der Waals surface area (Å²) in [5.41, 5.74) is 1.12. The summed E-state index contributed by atoms with van der Waals surface area (Å²) in [6, 6.07) is 11.4. The molecule has 2 N–H and O–H groups in total. The first-order valence-corrected chi connectivity index (χ1v) is 10.1. The van der Waals surface area contributed by atoms with Crippen molar-refractivity contribution in [2.75, 3.05) is 10.0 Å². The summed E-state index contributed by atoms with van der Waals surface area (Å²) < 4.78 is 39.7. The first-order chi connectivity index (χ1) is 12.9. The molecule has 0 unspecified atom stereocenters. The molecule has 1 amide bonds. The molecule has 9 heteroatoms. The Bertz CT molecular complexity index is 1050. The number of nitrogens with one attached hydrogen (secondary N) is 2. The van der Waals surface area contributed by atoms with E-state index >= 15 is 0 Å². The molecular weight excluding hydrogens is 389 g/mol. The van der Waals surface area contributed by atoms with Crippen molar-refractivity contribution in [1.82, 2.24) is 4.98 Å². The Hall–Kier alpha value is -3.04. The highest BCUT2D eigenvalue weighted by molar-refractivity contribution is 7.93. The molecule has 0 radical (unpaired) electrons. The Morgan fingerprint density at radius 3 is 2.41 bits per heavy atom. The minimum absolute atomic E-state index is 0.0533. The molecule has 3 rings (SSSR count). The number of nitrogens with zero attached hydrogens (tertiary/aromatic N) is 1. The fourth-order valence-electron chi connectivity index (χ4n) is 2.09. The second kappa shape index (κ2) is 8.11. The summed E-state index contributed by atoms with van der Waals surface area (Å²) in [7, 11) is -3.74. The fraction of sp³-hybridized carbons (Fsp3) is 0. The monoisotopic (exact) mass is 403 g/mol. The lowest BCUT2D eigenvalue weighted by Crippen LogP contribution is -2.13. The van der Waals surface area contributed by atoms with Crippen molar-refractivity contribution >= 4 is 44.2 Å². The highest BCUT2D eigenvalue weighted by Crippen LogP contribution is 2.19. The third-order valence-electron chi connectivity index (χ3n) is 3.38. The van der Waals surface area contributed by atoms with Crippen molar-refractivity contribution in [2.45, 2.75) is 4.90 Å². The van der Waals surface area contributed by atoms with Crippen molar-refractivity contribution < 1.29 is 17.6 Å². The van der Waals surface area contributed by atoms with Crippen LogP contribution in [0.1, 0.15) is 5.56 Å². The van der Waals surface area contributed by atoms with Crippen LogP contribution < -0.4 is 10.0 Å². The Balaban J connectivity index is 1.63. The van der Waals surface area contributed by atoms with E-state index in [0.29, 0.717) is 11.3 Å². The average molecular weight is 403 g/mol. The summed E-state index contributed by atoms with van der Waals surface area (Å²) in [5, 5.41) is 4.56. The van der Waals surface area contributed by atoms with Crippen LogP contribution in [0.3, 0.4) is 0 Å². The predicted octanol–water partition coefficient (Wildman–Crippen LogP) is 3.73. The van der Waals surface area contributed by atoms with Gasteiger partial charge in [0.25, 0.3) is 10.0 Å². The van der Waals surface area contributed by atoms with E-state index < -0.39 is 15.9 Å². The largest absolute Gasteiger partial charge is 0.323 e. The third kappa shape index (κ3) is 5.22. The summed E-state index contributed by atoms with van der Waals surface area (Å²) in [4.78, 5) is 15.9. The van der Waals surface area contributed by atoms with Gasteiger partial charge >= 0.3 is 0 Å². The Kier molecular flexibility index (Phi) is 5.63. The van der Waals surface area contributed by atoms with Gasteiger partial charge in [0.05, 0.1) is 4.90 Å². The van der Waals surface area contributed by atoms with Crippen LogP contribution in [-0.2, 0) is 14.8 Å². The van der Waals surface area contributed by atoms with Crippen molar-refractivity contribution in [3.63, 3.8) is 0 Å². The van der Waals surface area contributed by atoms with Gasteiger partial charge < -0.3 is 5.32 Å². The molecule has 27 heavy (non-hydrogen) atoms. The normalized spacial score (nSPS) is 11.4. The van der Waals surface area contributed by atoms with E-state index in [1.165, 1.54) is 60.0 Å². The molecule has 1 heterocycles. The number of carbonyl (C=O) groups excluding carboxylic acids is 1. The lowest BCUT2D eigenvalue weighted by Gasteiger charge is -2.07. The molecule has 3 aromatic rings. The molecule has 138 valence electrons. The lowest BCUT2D eigenvalue weighted by molar-refractivity contribution is -0.111. The van der Waals surface area contributed by atoms with Gasteiger partial charge in [-0.1, -0.05) is 12.1 Å². The van der Waals surface area contributed by atoms with E-state index in [0.717, 1.165) is 0 Å². The number of benzene rings is 2. The van der Waals surface area contributed by atoms with Crippen molar-refractivity contribution in [1.29, 1.82) is 0 Å². The number of rotatable bonds is 6. The number of anilines is 2. The third-order valence-corrected chi connectivity index (χ3v) is 5.56. The molecule has 0 saturated heterocycles. The second-order valence-corrected chi connectivity index (χ2v) is 7.92. The van der Waals surface area contributed by atoms with Crippen molar-refractivity contribution in [2.24, 2.45) is 0 Å². The number of carbonyl (C=O) groups is 1. The van der Waals surface area contributed by atoms with Gasteiger partial charge in [-0.15, -0.1) is 11.3 Å². The molecule has 0 aliphatic rings. The quantitative estimate of drug-likeness (QED) is 0.614. The molecule has 0 aliphatic heterocycles. The molecule has 0 fully saturated rings. The maximum atomic E-state index is 12.8. The van der Waals surface area contributed by atoms with E-state index in [9.17, 15) is 17.6 Å². The summed E-state index contributed by atoms with van der Waals surface area (Å²) in [6.45, 7) is 0. The molecule has 2 aromatic carbocycles. The topological polar surface area (TPSA) is 88.2 Å². The van der Waals surface area contributed by atoms with E-state index in [4.69, 9.17) is 0 Å². The van der Waals surface area contributed by atoms with Crippen molar-refractivity contribution in [3.8, 4) is 0 Å². The zero-order chi connectivity index (χ0) is 19.3. The first kappa shape index (κ1) is 18.7. The summed E-state index contributed by atoms with van der Waals surface area (Å²) >= 11 is 1.17. The summed E-state index contributed by atoms with van der Waals surface area (Å²) in [6.07, 6.45) is 4.36. The molecular formula is C18H14FN3O3S2. The molecule has 6 nitrogen and oxygen atoms in total. The highest BCUT2D eigenvalue weighted by Gasteiger charge is 2.15. The van der Waals surface area contributed by atoms with Crippen LogP contribution in [0.5, 0.6) is 0 Å². The van der Waals surface area contributed by atoms with E-state index in [-0.39, 0.29) is 15.8 Å². The zero-order valence-electron chi connectivity index (χ0n) is 13.8. The van der Waals surface area contributed by atoms with Gasteiger partial charge in [0.1, 0.15) is 5.82 Å². The van der Waals surface area contributed by atoms with Crippen LogP contribution in [-0.4, -0.2) is 19.3 Å². The number of thiazole rings is 1. The van der Waals surface area contributed by atoms with Crippen LogP contribution >= 0.6 is 11.3 Å². The smallest absolute Gasteiger partial charge is 0.263 e. The zero-order valence-corrected chi connectivity index (χ0v) is 15.4. The summed E-state index contributed by atoms with van der Waals surface area (Å²) in [5.74, 6) is -0.744. The van der Waals surface area contributed by atoms with Crippen molar-refractivity contribution in [3.05, 3.63) is 77.6 Å². The Labute approximate surface area is 159 Å². The van der Waals surface area contributed by atoms with Gasteiger partial charge in [-0.3, -0.25) is 9.52 Å². The molecule has 0 atom stereocenters. The first-order valence-electron chi connectivity index (χ1n) is 7.69. The van der Waals surface area contributed by atoms with E-state index in [1.807, 2.05) is 0 Å². The molecule has 0 spiro atoms. The van der Waals surface area contributed by atoms with Crippen LogP contribution in [0.15, 0.2) is 71.1 Å². The number of hydrogen-bond acceptors (Lipinski definition) is 5. The minimum Gasteiger partial charge on any atom is -0.323 e. The number of aromatic nitrogens is 1. The molecule has 1 aromatic heterocycles. The predicted molar refractivity (Wildman–Crippen MR) is 103 cm³/mol. The van der Waals surface area contributed by atoms with Gasteiger partial charge in [0, 0.05) is 23.3 Å². The SMILES string of the molecule is O=C(/C=C/c1ccc(F)cc1)Nc1ccc(S(=O)(=O)Nc2nccs2)cc1. The standard InChI is InChI=1S/C18H14FN3O3S2/c19-14-4-1-13(2-5-14)3-10-17(23)21-15-6-8-16(9-7-15)27(24,25)22-18-20-11-12-26-18/h1-12H,(H,20,22)(H,21,23)/b10-3+. The lowest BCUT2D eigenvalue weighted by atomic mass is 10.2. The van der Waals surface area contributed by atoms with Gasteiger partial charge in [-0.2, -0.15) is 0 Å². The van der Waals surface area contributed by atoms with Gasteiger partial charge in [0.2, 0.25) is 5.91 Å². The van der Waals surface area contributed by atoms with Crippen LogP contribution in [0.25, 0.3) is 6.08 Å². The molecule has 0 bridgehead atoms. The fourth-order valence-corrected chi connectivity index (χ4v) is 3.88. The Morgan fingerprint density at radius 1 is 1.07 bits per heavy atom. The van der Waals surface area contributed by atoms with Crippen LogP contribution in [0.2, 0.25) is 0 Å². The maximum Gasteiger partial charge on any atom is 0.263 e. The maximum absolute atomic E-state index is 12.8. The van der Waals surface area contributed by atoms with Gasteiger partial charge in [-0.25, -0.2) is 17.8 Å². The minimum atomic E-state index is -3.74. The average Bonchev–Trinajstić information content (AvgIpc) is 3.14. The number of amides is 1. The highest BCUT2D eigenvalue weighted by atomic mass is 32.2. The van der Waals surface area contributed by atoms with E-state index in [2.05, 4.69) is 15.0 Å². The Morgan fingerprint density at radius 2 is 1.78 bits per heavy atom. The number of halogens is 1. The van der Waals surface area contributed by atoms with Gasteiger partial charge in [-0.05, 0) is 48.0 Å². The van der Waals surface area contributed by atoms with E-state index in [1.54, 1.807) is 23.6 Å². The number of sulfonamides is 1. The molecule has 0 saturated carbocycles. The van der Waals surface area contributed by atoms with Gasteiger partial charge in [0.15, 0.2) is 5.13 Å². The van der Waals surface area contributed by atoms with Crippen LogP contribution in [0, 0.1) is 5.82 Å².